The number of aromatic nitrogens is 2. The molecule has 0 unspecified atom stereocenters. The Morgan fingerprint density at radius 2 is 2.17 bits per heavy atom. The largest absolute Gasteiger partial charge is 0.468 e. The fourth-order valence-corrected chi connectivity index (χ4v) is 4.66. The van der Waals surface area contributed by atoms with Crippen molar-refractivity contribution in [3.63, 3.8) is 0 Å². The summed E-state index contributed by atoms with van der Waals surface area (Å²) in [4.78, 5) is 20.0. The van der Waals surface area contributed by atoms with Gasteiger partial charge in [0, 0.05) is 43.5 Å². The second-order valence-corrected chi connectivity index (χ2v) is 8.43. The van der Waals surface area contributed by atoms with Gasteiger partial charge in [-0.3, -0.25) is 14.4 Å². The third-order valence-electron chi connectivity index (χ3n) is 6.44. The van der Waals surface area contributed by atoms with E-state index >= 15 is 0 Å². The number of fused-ring (bicyclic) bond motifs is 1. The smallest absolute Gasteiger partial charge is 0.274 e. The van der Waals surface area contributed by atoms with Crippen LogP contribution >= 0.6 is 0 Å². The molecule has 2 aliphatic rings. The highest BCUT2D eigenvalue weighted by atomic mass is 16.3. The summed E-state index contributed by atoms with van der Waals surface area (Å²) in [6.45, 7) is 7.28. The van der Waals surface area contributed by atoms with Gasteiger partial charge >= 0.3 is 0 Å². The van der Waals surface area contributed by atoms with Crippen LogP contribution in [0.1, 0.15) is 47.3 Å². The van der Waals surface area contributed by atoms with Crippen molar-refractivity contribution in [2.45, 2.75) is 51.7 Å². The van der Waals surface area contributed by atoms with Gasteiger partial charge in [0.15, 0.2) is 5.69 Å². The Hall–Kier alpha value is -2.12. The minimum atomic E-state index is 0.109. The van der Waals surface area contributed by atoms with Crippen molar-refractivity contribution in [1.82, 2.24) is 24.5 Å². The van der Waals surface area contributed by atoms with E-state index in [0.717, 1.165) is 76.3 Å². The maximum Gasteiger partial charge on any atom is 0.274 e. The maximum absolute atomic E-state index is 13.4. The first kappa shape index (κ1) is 20.2. The number of hydrogen-bond acceptors (Lipinski definition) is 5. The van der Waals surface area contributed by atoms with Gasteiger partial charge in [-0.2, -0.15) is 5.10 Å². The zero-order valence-corrected chi connectivity index (χ0v) is 17.9. The molecule has 0 N–H and O–H groups in total. The third-order valence-corrected chi connectivity index (χ3v) is 6.44. The molecule has 158 valence electrons. The first-order valence-corrected chi connectivity index (χ1v) is 10.9. The van der Waals surface area contributed by atoms with E-state index in [1.54, 1.807) is 6.26 Å². The van der Waals surface area contributed by atoms with Crippen molar-refractivity contribution in [2.75, 3.05) is 40.3 Å². The molecule has 4 rings (SSSR count). The summed E-state index contributed by atoms with van der Waals surface area (Å²) in [6, 6.07) is 4.34. The quantitative estimate of drug-likeness (QED) is 0.772. The van der Waals surface area contributed by atoms with Crippen LogP contribution in [0.3, 0.4) is 0 Å². The molecule has 0 saturated carbocycles. The summed E-state index contributed by atoms with van der Waals surface area (Å²) in [7, 11) is 4.27. The summed E-state index contributed by atoms with van der Waals surface area (Å²) in [6.07, 6.45) is 5.68. The second-order valence-electron chi connectivity index (χ2n) is 8.43. The van der Waals surface area contributed by atoms with E-state index in [9.17, 15) is 4.79 Å². The number of aryl methyl sites for hydroxylation is 1. The van der Waals surface area contributed by atoms with Crippen LogP contribution in [0.25, 0.3) is 0 Å². The summed E-state index contributed by atoms with van der Waals surface area (Å²) in [5, 5.41) is 4.78. The molecule has 1 amide bonds. The van der Waals surface area contributed by atoms with Gasteiger partial charge in [-0.05, 0) is 65.4 Å². The number of carbonyl (C=O) groups excluding carboxylic acids is 1. The first-order valence-electron chi connectivity index (χ1n) is 10.9. The monoisotopic (exact) mass is 399 g/mol. The minimum Gasteiger partial charge on any atom is -0.468 e. The average molecular weight is 400 g/mol. The topological polar surface area (TPSA) is 57.8 Å². The highest BCUT2D eigenvalue weighted by molar-refractivity contribution is 5.94. The van der Waals surface area contributed by atoms with Crippen molar-refractivity contribution in [3.8, 4) is 0 Å². The SMILES string of the molecule is CCn1nc(C(=O)N2CCCN(C)CC2)c2c1CC[C@H](N(C)Cc1ccco1)C2. The molecular weight excluding hydrogens is 366 g/mol. The number of carbonyl (C=O) groups is 1. The standard InChI is InChI=1S/C22H33N5O2/c1-4-27-20-9-8-17(25(3)16-18-7-5-14-29-18)15-19(20)21(23-27)22(28)26-11-6-10-24(2)12-13-26/h5,7,14,17H,4,6,8-13,15-16H2,1-3H3/t17-/m0/s1. The minimum absolute atomic E-state index is 0.109. The average Bonchev–Trinajstić information content (AvgIpc) is 3.31. The van der Waals surface area contributed by atoms with Gasteiger partial charge in [0.1, 0.15) is 5.76 Å². The number of likely N-dealkylation sites (N-methyl/N-ethyl adjacent to an activating group) is 2. The molecule has 1 saturated heterocycles. The van der Waals surface area contributed by atoms with Gasteiger partial charge in [-0.25, -0.2) is 0 Å². The highest BCUT2D eigenvalue weighted by Crippen LogP contribution is 2.29. The molecular formula is C22H33N5O2. The van der Waals surface area contributed by atoms with Crippen molar-refractivity contribution >= 4 is 5.91 Å². The molecule has 0 radical (unpaired) electrons. The van der Waals surface area contributed by atoms with E-state index in [-0.39, 0.29) is 5.91 Å². The van der Waals surface area contributed by atoms with Crippen molar-refractivity contribution < 1.29 is 9.21 Å². The summed E-state index contributed by atoms with van der Waals surface area (Å²) in [5.41, 5.74) is 3.10. The molecule has 1 aliphatic carbocycles. The Balaban J connectivity index is 1.54. The van der Waals surface area contributed by atoms with E-state index in [4.69, 9.17) is 9.52 Å². The Kier molecular flexibility index (Phi) is 6.06. The molecule has 7 heteroatoms. The normalized spacial score (nSPS) is 20.7. The molecule has 1 atom stereocenters. The van der Waals surface area contributed by atoms with Gasteiger partial charge < -0.3 is 14.2 Å². The Labute approximate surface area is 173 Å². The molecule has 1 fully saturated rings. The van der Waals surface area contributed by atoms with E-state index in [1.165, 1.54) is 5.69 Å². The lowest BCUT2D eigenvalue weighted by Crippen LogP contribution is -2.38. The number of nitrogens with zero attached hydrogens (tertiary/aromatic N) is 5. The fraction of sp³-hybridized carbons (Fsp3) is 0.636. The van der Waals surface area contributed by atoms with Crippen molar-refractivity contribution in [3.05, 3.63) is 41.1 Å². The van der Waals surface area contributed by atoms with Crippen molar-refractivity contribution in [1.29, 1.82) is 0 Å². The summed E-state index contributed by atoms with van der Waals surface area (Å²) >= 11 is 0. The number of rotatable bonds is 5. The molecule has 0 aromatic carbocycles. The van der Waals surface area contributed by atoms with Crippen LogP contribution in [0.2, 0.25) is 0 Å². The lowest BCUT2D eigenvalue weighted by atomic mass is 9.90. The van der Waals surface area contributed by atoms with Gasteiger partial charge in [-0.15, -0.1) is 0 Å². The second kappa shape index (κ2) is 8.71. The van der Waals surface area contributed by atoms with Crippen LogP contribution < -0.4 is 0 Å². The first-order chi connectivity index (χ1) is 14.1. The molecule has 2 aromatic rings. The predicted molar refractivity (Wildman–Crippen MR) is 112 cm³/mol. The Morgan fingerprint density at radius 1 is 1.31 bits per heavy atom. The van der Waals surface area contributed by atoms with Gasteiger partial charge in [-0.1, -0.05) is 0 Å². The maximum atomic E-state index is 13.4. The Bertz CT molecular complexity index is 829. The van der Waals surface area contributed by atoms with Crippen molar-refractivity contribution in [2.24, 2.45) is 0 Å². The molecule has 0 bridgehead atoms. The number of amides is 1. The van der Waals surface area contributed by atoms with Gasteiger partial charge in [0.2, 0.25) is 0 Å². The number of hydrogen-bond donors (Lipinski definition) is 0. The Morgan fingerprint density at radius 3 is 2.93 bits per heavy atom. The van der Waals surface area contributed by atoms with Crippen LogP contribution in [0, 0.1) is 0 Å². The van der Waals surface area contributed by atoms with Crippen LogP contribution in [0.4, 0.5) is 0 Å². The number of furan rings is 1. The summed E-state index contributed by atoms with van der Waals surface area (Å²) in [5.74, 6) is 1.09. The zero-order valence-electron chi connectivity index (χ0n) is 17.9. The lowest BCUT2D eigenvalue weighted by molar-refractivity contribution is 0.0754. The van der Waals surface area contributed by atoms with Gasteiger partial charge in [0.05, 0.1) is 12.8 Å². The predicted octanol–water partition coefficient (Wildman–Crippen LogP) is 2.26. The third kappa shape index (κ3) is 4.26. The van der Waals surface area contributed by atoms with Crippen LogP contribution in [-0.4, -0.2) is 76.7 Å². The van der Waals surface area contributed by atoms with Gasteiger partial charge in [0.25, 0.3) is 5.91 Å². The van der Waals surface area contributed by atoms with E-state index in [1.807, 2.05) is 17.0 Å². The molecule has 7 nitrogen and oxygen atoms in total. The zero-order chi connectivity index (χ0) is 20.4. The summed E-state index contributed by atoms with van der Waals surface area (Å²) < 4.78 is 7.58. The van der Waals surface area contributed by atoms with Crippen LogP contribution in [-0.2, 0) is 25.9 Å². The van der Waals surface area contributed by atoms with E-state index in [0.29, 0.717) is 11.7 Å². The molecule has 0 spiro atoms. The highest BCUT2D eigenvalue weighted by Gasteiger charge is 2.32. The molecule has 3 heterocycles. The molecule has 29 heavy (non-hydrogen) atoms. The van der Waals surface area contributed by atoms with Crippen LogP contribution in [0.15, 0.2) is 22.8 Å². The molecule has 2 aromatic heterocycles. The molecule has 1 aliphatic heterocycles. The lowest BCUT2D eigenvalue weighted by Gasteiger charge is -2.31. The van der Waals surface area contributed by atoms with E-state index in [2.05, 4.69) is 35.5 Å². The van der Waals surface area contributed by atoms with Crippen LogP contribution in [0.5, 0.6) is 0 Å². The van der Waals surface area contributed by atoms with E-state index < -0.39 is 0 Å². The fourth-order valence-electron chi connectivity index (χ4n) is 4.66.